The molecule has 0 aliphatic carbocycles. The highest BCUT2D eigenvalue weighted by Gasteiger charge is 2.27. The van der Waals surface area contributed by atoms with E-state index in [2.05, 4.69) is 5.32 Å². The highest BCUT2D eigenvalue weighted by atomic mass is 16.3. The average molecular weight is 353 g/mol. The minimum absolute atomic E-state index is 0.257. The number of anilines is 1. The zero-order chi connectivity index (χ0) is 19.7. The van der Waals surface area contributed by atoms with E-state index in [-0.39, 0.29) is 22.5 Å². The van der Waals surface area contributed by atoms with Crippen molar-refractivity contribution in [2.75, 3.05) is 5.32 Å². The summed E-state index contributed by atoms with van der Waals surface area (Å²) in [7, 11) is 0. The number of phenols is 1. The van der Waals surface area contributed by atoms with Crippen LogP contribution in [0.25, 0.3) is 0 Å². The van der Waals surface area contributed by atoms with Gasteiger partial charge in [0.2, 0.25) is 0 Å². The Hall–Kier alpha value is -2.62. The molecule has 4 heteroatoms. The van der Waals surface area contributed by atoms with Gasteiger partial charge in [-0.3, -0.25) is 9.59 Å². The summed E-state index contributed by atoms with van der Waals surface area (Å²) in [4.78, 5) is 23.3. The highest BCUT2D eigenvalue weighted by molar-refractivity contribution is 6.04. The van der Waals surface area contributed by atoms with Gasteiger partial charge < -0.3 is 10.4 Å². The zero-order valence-electron chi connectivity index (χ0n) is 16.3. The van der Waals surface area contributed by atoms with Crippen molar-refractivity contribution in [1.29, 1.82) is 0 Å². The molecule has 26 heavy (non-hydrogen) atoms. The van der Waals surface area contributed by atoms with E-state index in [1.807, 2.05) is 53.7 Å². The molecule has 0 aliphatic heterocycles. The van der Waals surface area contributed by atoms with Gasteiger partial charge in [0.05, 0.1) is 0 Å². The van der Waals surface area contributed by atoms with Crippen LogP contribution in [0.4, 0.5) is 5.69 Å². The van der Waals surface area contributed by atoms with E-state index >= 15 is 0 Å². The summed E-state index contributed by atoms with van der Waals surface area (Å²) in [6.07, 6.45) is 0.743. The first-order valence-corrected chi connectivity index (χ1v) is 8.68. The standard InChI is InChI=1S/C22H27NO3/c1-21(2,3)17-11-16(12-18(19(17)25)22(4,5)6)23-20(26)15-9-7-14(13-24)8-10-15/h7-13,25H,1-6H3,(H,23,26). The van der Waals surface area contributed by atoms with Gasteiger partial charge in [-0.1, -0.05) is 53.7 Å². The number of aldehydes is 1. The lowest BCUT2D eigenvalue weighted by molar-refractivity contribution is 0.102. The number of nitrogens with one attached hydrogen (secondary N) is 1. The summed E-state index contributed by atoms with van der Waals surface area (Å²) in [5.41, 5.74) is 2.68. The molecule has 0 spiro atoms. The molecule has 0 saturated heterocycles. The predicted molar refractivity (Wildman–Crippen MR) is 105 cm³/mol. The topological polar surface area (TPSA) is 66.4 Å². The van der Waals surface area contributed by atoms with Crippen LogP contribution in [-0.4, -0.2) is 17.3 Å². The Labute approximate surface area is 155 Å². The van der Waals surface area contributed by atoms with Crippen LogP contribution >= 0.6 is 0 Å². The Morgan fingerprint density at radius 3 is 1.77 bits per heavy atom. The van der Waals surface area contributed by atoms with Crippen LogP contribution in [0.1, 0.15) is 73.4 Å². The van der Waals surface area contributed by atoms with Crippen LogP contribution < -0.4 is 5.32 Å². The van der Waals surface area contributed by atoms with Crippen LogP contribution in [0.15, 0.2) is 36.4 Å². The van der Waals surface area contributed by atoms with Crippen molar-refractivity contribution in [2.24, 2.45) is 0 Å². The largest absolute Gasteiger partial charge is 0.507 e. The van der Waals surface area contributed by atoms with Crippen LogP contribution in [0.5, 0.6) is 5.75 Å². The van der Waals surface area contributed by atoms with Crippen molar-refractivity contribution in [3.63, 3.8) is 0 Å². The summed E-state index contributed by atoms with van der Waals surface area (Å²) >= 11 is 0. The molecule has 2 N–H and O–H groups in total. The Kier molecular flexibility index (Phi) is 5.26. The van der Waals surface area contributed by atoms with E-state index < -0.39 is 0 Å². The summed E-state index contributed by atoms with van der Waals surface area (Å²) in [6, 6.07) is 10.1. The fourth-order valence-corrected chi connectivity index (χ4v) is 2.77. The second-order valence-corrected chi connectivity index (χ2v) is 8.61. The molecule has 4 nitrogen and oxygen atoms in total. The number of aromatic hydroxyl groups is 1. The summed E-state index contributed by atoms with van der Waals surface area (Å²) < 4.78 is 0. The molecule has 0 bridgehead atoms. The minimum Gasteiger partial charge on any atom is -0.507 e. The van der Waals surface area contributed by atoms with Gasteiger partial charge in [0, 0.05) is 27.9 Å². The monoisotopic (exact) mass is 353 g/mol. The molecular weight excluding hydrogens is 326 g/mol. The maximum atomic E-state index is 12.6. The SMILES string of the molecule is CC(C)(C)c1cc(NC(=O)c2ccc(C=O)cc2)cc(C(C)(C)C)c1O. The fourth-order valence-electron chi connectivity index (χ4n) is 2.77. The molecule has 0 aliphatic rings. The second-order valence-electron chi connectivity index (χ2n) is 8.61. The average Bonchev–Trinajstić information content (AvgIpc) is 2.54. The van der Waals surface area contributed by atoms with Crippen LogP contribution in [0, 0.1) is 0 Å². The molecule has 0 heterocycles. The van der Waals surface area contributed by atoms with Gasteiger partial charge in [-0.25, -0.2) is 0 Å². The van der Waals surface area contributed by atoms with Gasteiger partial charge in [0.25, 0.3) is 5.91 Å². The molecule has 138 valence electrons. The summed E-state index contributed by atoms with van der Waals surface area (Å²) in [5, 5.41) is 13.7. The predicted octanol–water partition coefficient (Wildman–Crippen LogP) is 5.05. The normalized spacial score (nSPS) is 11.9. The van der Waals surface area contributed by atoms with Crippen molar-refractivity contribution < 1.29 is 14.7 Å². The first-order chi connectivity index (χ1) is 11.9. The number of phenolic OH excluding ortho intramolecular Hbond substituents is 1. The lowest BCUT2D eigenvalue weighted by Crippen LogP contribution is -2.19. The molecule has 0 aromatic heterocycles. The van der Waals surface area contributed by atoms with Gasteiger partial charge in [0.1, 0.15) is 12.0 Å². The van der Waals surface area contributed by atoms with E-state index in [9.17, 15) is 14.7 Å². The van der Waals surface area contributed by atoms with Gasteiger partial charge in [-0.2, -0.15) is 0 Å². The van der Waals surface area contributed by atoms with Crippen molar-refractivity contribution in [1.82, 2.24) is 0 Å². The maximum Gasteiger partial charge on any atom is 0.255 e. The van der Waals surface area contributed by atoms with Gasteiger partial charge >= 0.3 is 0 Å². The lowest BCUT2D eigenvalue weighted by Gasteiger charge is -2.28. The smallest absolute Gasteiger partial charge is 0.255 e. The zero-order valence-corrected chi connectivity index (χ0v) is 16.3. The van der Waals surface area contributed by atoms with E-state index in [0.717, 1.165) is 17.4 Å². The molecule has 2 rings (SSSR count). The summed E-state index contributed by atoms with van der Waals surface area (Å²) in [6.45, 7) is 12.2. The molecule has 2 aromatic carbocycles. The first-order valence-electron chi connectivity index (χ1n) is 8.68. The molecular formula is C22H27NO3. The van der Waals surface area contributed by atoms with Crippen molar-refractivity contribution in [3.8, 4) is 5.75 Å². The van der Waals surface area contributed by atoms with Gasteiger partial charge in [0.15, 0.2) is 0 Å². The fraction of sp³-hybridized carbons (Fsp3) is 0.364. The first kappa shape index (κ1) is 19.7. The van der Waals surface area contributed by atoms with Crippen molar-refractivity contribution in [2.45, 2.75) is 52.4 Å². The third kappa shape index (κ3) is 4.31. The van der Waals surface area contributed by atoms with Crippen LogP contribution in [-0.2, 0) is 10.8 Å². The number of carbonyl (C=O) groups is 2. The maximum absolute atomic E-state index is 12.6. The Morgan fingerprint density at radius 1 is 0.923 bits per heavy atom. The number of amides is 1. The molecule has 2 aromatic rings. The van der Waals surface area contributed by atoms with E-state index in [1.54, 1.807) is 24.3 Å². The summed E-state index contributed by atoms with van der Waals surface area (Å²) in [5.74, 6) is 0.0196. The minimum atomic E-state index is -0.267. The third-order valence-electron chi connectivity index (χ3n) is 4.29. The highest BCUT2D eigenvalue weighted by Crippen LogP contribution is 2.41. The van der Waals surface area contributed by atoms with Gasteiger partial charge in [-0.05, 0) is 35.1 Å². The second kappa shape index (κ2) is 6.94. The number of rotatable bonds is 3. The number of hydrogen-bond donors (Lipinski definition) is 2. The molecule has 0 radical (unpaired) electrons. The Balaban J connectivity index is 2.45. The van der Waals surface area contributed by atoms with Crippen LogP contribution in [0.3, 0.4) is 0 Å². The van der Waals surface area contributed by atoms with Crippen molar-refractivity contribution >= 4 is 17.9 Å². The van der Waals surface area contributed by atoms with Gasteiger partial charge in [-0.15, -0.1) is 0 Å². The van der Waals surface area contributed by atoms with E-state index in [1.165, 1.54) is 0 Å². The molecule has 0 saturated carbocycles. The van der Waals surface area contributed by atoms with Crippen LogP contribution in [0.2, 0.25) is 0 Å². The third-order valence-corrected chi connectivity index (χ3v) is 4.29. The molecule has 0 unspecified atom stereocenters. The lowest BCUT2D eigenvalue weighted by atomic mass is 9.79. The van der Waals surface area contributed by atoms with E-state index in [4.69, 9.17) is 0 Å². The van der Waals surface area contributed by atoms with E-state index in [0.29, 0.717) is 16.8 Å². The Morgan fingerprint density at radius 2 is 1.38 bits per heavy atom. The van der Waals surface area contributed by atoms with Crippen molar-refractivity contribution in [3.05, 3.63) is 58.7 Å². The molecule has 1 amide bonds. The molecule has 0 fully saturated rings. The Bertz CT molecular complexity index is 787. The number of carbonyl (C=O) groups excluding carboxylic acids is 2. The number of hydrogen-bond acceptors (Lipinski definition) is 3. The number of benzene rings is 2. The molecule has 0 atom stereocenters. The quantitative estimate of drug-likeness (QED) is 0.599.